The van der Waals surface area contributed by atoms with Crippen molar-refractivity contribution in [3.63, 3.8) is 0 Å². The highest BCUT2D eigenvalue weighted by molar-refractivity contribution is 5.95. The van der Waals surface area contributed by atoms with Crippen LogP contribution < -0.4 is 5.32 Å². The van der Waals surface area contributed by atoms with Crippen LogP contribution >= 0.6 is 0 Å². The minimum Gasteiger partial charge on any atom is -0.469 e. The van der Waals surface area contributed by atoms with E-state index >= 15 is 0 Å². The minimum absolute atomic E-state index is 0.120. The predicted octanol–water partition coefficient (Wildman–Crippen LogP) is 1.60. The van der Waals surface area contributed by atoms with Crippen LogP contribution in [0.5, 0.6) is 0 Å². The second kappa shape index (κ2) is 5.13. The molecule has 0 aliphatic heterocycles. The molecular weight excluding hydrogens is 178 g/mol. The summed E-state index contributed by atoms with van der Waals surface area (Å²) in [6.45, 7) is 2.45. The Labute approximate surface area is 83.5 Å². The number of aryl methyl sites for hydroxylation is 1. The molecule has 0 unspecified atom stereocenters. The van der Waals surface area contributed by atoms with Gasteiger partial charge in [0.05, 0.1) is 11.8 Å². The third kappa shape index (κ3) is 2.40. The number of nitrogens with one attached hydrogen (secondary N) is 1. The normalized spacial score (nSPS) is 9.43. The smallest absolute Gasteiger partial charge is 0.254 e. The molecule has 1 aromatic heterocycles. The van der Waals surface area contributed by atoms with Crippen molar-refractivity contribution < 1.29 is 9.21 Å². The molecule has 0 aliphatic carbocycles. The van der Waals surface area contributed by atoms with Crippen LogP contribution in [0.1, 0.15) is 29.5 Å². The lowest BCUT2D eigenvalue weighted by Gasteiger charge is -2.01. The van der Waals surface area contributed by atoms with Crippen molar-refractivity contribution in [2.45, 2.75) is 19.8 Å². The predicted molar refractivity (Wildman–Crippen MR) is 53.9 cm³/mol. The van der Waals surface area contributed by atoms with Gasteiger partial charge in [-0.3, -0.25) is 4.79 Å². The zero-order valence-electron chi connectivity index (χ0n) is 8.17. The van der Waals surface area contributed by atoms with E-state index < -0.39 is 0 Å². The number of hydrogen-bond acceptors (Lipinski definition) is 2. The molecule has 0 atom stereocenters. The second-order valence-electron chi connectivity index (χ2n) is 2.82. The van der Waals surface area contributed by atoms with Crippen LogP contribution in [0, 0.1) is 12.3 Å². The lowest BCUT2D eigenvalue weighted by atomic mass is 10.2. The first-order chi connectivity index (χ1) is 6.79. The Bertz CT molecular complexity index is 346. The Morgan fingerprint density at radius 2 is 2.50 bits per heavy atom. The molecule has 0 aliphatic rings. The van der Waals surface area contributed by atoms with Crippen LogP contribution in [0.4, 0.5) is 0 Å². The van der Waals surface area contributed by atoms with Crippen molar-refractivity contribution in [2.75, 3.05) is 6.54 Å². The molecule has 1 heterocycles. The van der Waals surface area contributed by atoms with Crippen LogP contribution in [0.3, 0.4) is 0 Å². The van der Waals surface area contributed by atoms with E-state index in [2.05, 4.69) is 11.2 Å². The monoisotopic (exact) mass is 191 g/mol. The van der Waals surface area contributed by atoms with E-state index in [9.17, 15) is 4.79 Å². The summed E-state index contributed by atoms with van der Waals surface area (Å²) in [5.41, 5.74) is 0.601. The average Bonchev–Trinajstić information content (AvgIpc) is 2.65. The van der Waals surface area contributed by atoms with Gasteiger partial charge in [0.25, 0.3) is 5.91 Å². The Morgan fingerprint density at radius 1 is 1.71 bits per heavy atom. The van der Waals surface area contributed by atoms with Gasteiger partial charge in [0.1, 0.15) is 5.76 Å². The Hall–Kier alpha value is -1.69. The fourth-order valence-electron chi connectivity index (χ4n) is 1.16. The van der Waals surface area contributed by atoms with E-state index in [4.69, 9.17) is 10.8 Å². The van der Waals surface area contributed by atoms with Gasteiger partial charge in [-0.2, -0.15) is 0 Å². The van der Waals surface area contributed by atoms with Crippen LogP contribution in [0.15, 0.2) is 16.7 Å². The molecule has 3 heteroatoms. The van der Waals surface area contributed by atoms with E-state index in [1.165, 1.54) is 6.26 Å². The van der Waals surface area contributed by atoms with E-state index in [1.807, 2.05) is 6.92 Å². The molecule has 0 aromatic carbocycles. The maximum atomic E-state index is 11.5. The summed E-state index contributed by atoms with van der Waals surface area (Å²) >= 11 is 0. The van der Waals surface area contributed by atoms with Crippen molar-refractivity contribution >= 4 is 5.91 Å². The van der Waals surface area contributed by atoms with Crippen molar-refractivity contribution in [1.82, 2.24) is 5.32 Å². The lowest BCUT2D eigenvalue weighted by molar-refractivity contribution is 0.0952. The van der Waals surface area contributed by atoms with Crippen LogP contribution in [-0.4, -0.2) is 12.5 Å². The SMILES string of the molecule is C#CCCNC(=O)c1ccoc1CC. The van der Waals surface area contributed by atoms with E-state index in [0.29, 0.717) is 30.7 Å². The molecular formula is C11H13NO2. The average molecular weight is 191 g/mol. The maximum Gasteiger partial charge on any atom is 0.254 e. The van der Waals surface area contributed by atoms with Crippen molar-refractivity contribution in [3.05, 3.63) is 23.7 Å². The highest BCUT2D eigenvalue weighted by Crippen LogP contribution is 2.10. The topological polar surface area (TPSA) is 42.2 Å². The van der Waals surface area contributed by atoms with Gasteiger partial charge in [0.15, 0.2) is 0 Å². The third-order valence-corrected chi connectivity index (χ3v) is 1.87. The first-order valence-electron chi connectivity index (χ1n) is 4.57. The van der Waals surface area contributed by atoms with Crippen LogP contribution in [0.25, 0.3) is 0 Å². The van der Waals surface area contributed by atoms with Crippen molar-refractivity contribution in [3.8, 4) is 12.3 Å². The molecule has 0 radical (unpaired) electrons. The first kappa shape index (κ1) is 10.4. The second-order valence-corrected chi connectivity index (χ2v) is 2.82. The molecule has 1 aromatic rings. The summed E-state index contributed by atoms with van der Waals surface area (Å²) in [5, 5.41) is 2.72. The largest absolute Gasteiger partial charge is 0.469 e. The molecule has 1 rings (SSSR count). The zero-order chi connectivity index (χ0) is 10.4. The standard InChI is InChI=1S/C11H13NO2/c1-3-5-7-12-11(13)9-6-8-14-10(9)4-2/h1,6,8H,4-5,7H2,2H3,(H,12,13). The van der Waals surface area contributed by atoms with Gasteiger partial charge >= 0.3 is 0 Å². The minimum atomic E-state index is -0.120. The highest BCUT2D eigenvalue weighted by atomic mass is 16.3. The van der Waals surface area contributed by atoms with Gasteiger partial charge in [0, 0.05) is 19.4 Å². The third-order valence-electron chi connectivity index (χ3n) is 1.87. The molecule has 74 valence electrons. The summed E-state index contributed by atoms with van der Waals surface area (Å²) in [7, 11) is 0. The highest BCUT2D eigenvalue weighted by Gasteiger charge is 2.11. The molecule has 1 N–H and O–H groups in total. The summed E-state index contributed by atoms with van der Waals surface area (Å²) in [5.74, 6) is 3.05. The van der Waals surface area contributed by atoms with Gasteiger partial charge in [-0.15, -0.1) is 12.3 Å². The maximum absolute atomic E-state index is 11.5. The number of amides is 1. The Balaban J connectivity index is 2.57. The quantitative estimate of drug-likeness (QED) is 0.580. The number of hydrogen-bond donors (Lipinski definition) is 1. The molecule has 0 saturated carbocycles. The molecule has 0 spiro atoms. The lowest BCUT2D eigenvalue weighted by Crippen LogP contribution is -2.24. The fourth-order valence-corrected chi connectivity index (χ4v) is 1.16. The molecule has 1 amide bonds. The van der Waals surface area contributed by atoms with E-state index in [0.717, 1.165) is 0 Å². The summed E-state index contributed by atoms with van der Waals surface area (Å²) < 4.78 is 5.14. The summed E-state index contributed by atoms with van der Waals surface area (Å²) in [4.78, 5) is 11.5. The molecule has 0 fully saturated rings. The van der Waals surface area contributed by atoms with Gasteiger partial charge < -0.3 is 9.73 Å². The molecule has 0 saturated heterocycles. The van der Waals surface area contributed by atoms with Gasteiger partial charge in [-0.25, -0.2) is 0 Å². The number of furan rings is 1. The summed E-state index contributed by atoms with van der Waals surface area (Å²) in [6, 6.07) is 1.67. The number of terminal acetylenes is 1. The number of carbonyl (C=O) groups excluding carboxylic acids is 1. The molecule has 0 bridgehead atoms. The van der Waals surface area contributed by atoms with Gasteiger partial charge in [0.2, 0.25) is 0 Å². The van der Waals surface area contributed by atoms with Gasteiger partial charge in [-0.1, -0.05) is 6.92 Å². The van der Waals surface area contributed by atoms with Gasteiger partial charge in [-0.05, 0) is 6.07 Å². The number of carbonyl (C=O) groups is 1. The fraction of sp³-hybridized carbons (Fsp3) is 0.364. The Kier molecular flexibility index (Phi) is 3.81. The molecule has 3 nitrogen and oxygen atoms in total. The summed E-state index contributed by atoms with van der Waals surface area (Å²) in [6.07, 6.45) is 7.85. The molecule has 14 heavy (non-hydrogen) atoms. The Morgan fingerprint density at radius 3 is 3.14 bits per heavy atom. The van der Waals surface area contributed by atoms with Crippen molar-refractivity contribution in [2.24, 2.45) is 0 Å². The van der Waals surface area contributed by atoms with Crippen LogP contribution in [0.2, 0.25) is 0 Å². The first-order valence-corrected chi connectivity index (χ1v) is 4.57. The van der Waals surface area contributed by atoms with Crippen molar-refractivity contribution in [1.29, 1.82) is 0 Å². The van der Waals surface area contributed by atoms with E-state index in [-0.39, 0.29) is 5.91 Å². The van der Waals surface area contributed by atoms with E-state index in [1.54, 1.807) is 6.07 Å². The number of rotatable bonds is 4. The van der Waals surface area contributed by atoms with Crippen LogP contribution in [-0.2, 0) is 6.42 Å². The zero-order valence-corrected chi connectivity index (χ0v) is 8.17.